The number of anilines is 1. The lowest BCUT2D eigenvalue weighted by Crippen LogP contribution is -2.21. The molecule has 1 aromatic heterocycles. The fraction of sp³-hybridized carbons (Fsp3) is 0.200. The number of esters is 1. The Morgan fingerprint density at radius 2 is 1.97 bits per heavy atom. The SMILES string of the molecule is CCc1cccc(NC(=O)COC(=O)CSc2nnc(-c3ccc(Cl)cc3)o2)c1. The van der Waals surface area contributed by atoms with Gasteiger partial charge >= 0.3 is 5.97 Å². The zero-order valence-electron chi connectivity index (χ0n) is 15.6. The van der Waals surface area contributed by atoms with E-state index in [1.165, 1.54) is 0 Å². The second-order valence-electron chi connectivity index (χ2n) is 5.93. The van der Waals surface area contributed by atoms with Crippen LogP contribution in [0.4, 0.5) is 5.69 Å². The van der Waals surface area contributed by atoms with Crippen LogP contribution in [0.1, 0.15) is 12.5 Å². The highest BCUT2D eigenvalue weighted by atomic mass is 35.5. The summed E-state index contributed by atoms with van der Waals surface area (Å²) in [6.07, 6.45) is 0.866. The quantitative estimate of drug-likeness (QED) is 0.421. The fourth-order valence-electron chi connectivity index (χ4n) is 2.35. The number of amides is 1. The minimum atomic E-state index is -0.557. The maximum absolute atomic E-state index is 11.9. The van der Waals surface area contributed by atoms with Gasteiger partial charge in [0, 0.05) is 16.3 Å². The molecule has 3 aromatic rings. The Hall–Kier alpha value is -2.84. The zero-order chi connectivity index (χ0) is 20.6. The summed E-state index contributed by atoms with van der Waals surface area (Å²) in [5, 5.41) is 11.3. The molecule has 0 saturated carbocycles. The second kappa shape index (κ2) is 10.1. The van der Waals surface area contributed by atoms with Gasteiger partial charge in [-0.1, -0.05) is 42.4 Å². The largest absolute Gasteiger partial charge is 0.455 e. The molecule has 3 rings (SSSR count). The Balaban J connectivity index is 1.43. The van der Waals surface area contributed by atoms with Crippen molar-refractivity contribution in [3.8, 4) is 11.5 Å². The van der Waals surface area contributed by atoms with Crippen LogP contribution in [0, 0.1) is 0 Å². The van der Waals surface area contributed by atoms with Crippen molar-refractivity contribution in [1.29, 1.82) is 0 Å². The van der Waals surface area contributed by atoms with E-state index in [0.29, 0.717) is 16.6 Å². The molecule has 2 aromatic carbocycles. The highest BCUT2D eigenvalue weighted by Crippen LogP contribution is 2.24. The first-order valence-electron chi connectivity index (χ1n) is 8.80. The fourth-order valence-corrected chi connectivity index (χ4v) is 3.04. The smallest absolute Gasteiger partial charge is 0.316 e. The van der Waals surface area contributed by atoms with Crippen LogP contribution in [0.25, 0.3) is 11.5 Å². The van der Waals surface area contributed by atoms with Crippen LogP contribution in [0.2, 0.25) is 5.02 Å². The van der Waals surface area contributed by atoms with Gasteiger partial charge in [-0.15, -0.1) is 10.2 Å². The van der Waals surface area contributed by atoms with E-state index in [1.807, 2.05) is 25.1 Å². The molecule has 0 radical (unpaired) electrons. The van der Waals surface area contributed by atoms with E-state index in [-0.39, 0.29) is 17.6 Å². The second-order valence-corrected chi connectivity index (χ2v) is 7.29. The number of hydrogen-bond acceptors (Lipinski definition) is 7. The van der Waals surface area contributed by atoms with Crippen molar-refractivity contribution in [3.05, 3.63) is 59.1 Å². The van der Waals surface area contributed by atoms with Crippen molar-refractivity contribution in [2.24, 2.45) is 0 Å². The van der Waals surface area contributed by atoms with Crippen LogP contribution in [0.5, 0.6) is 0 Å². The highest BCUT2D eigenvalue weighted by molar-refractivity contribution is 7.99. The lowest BCUT2D eigenvalue weighted by molar-refractivity contribution is -0.144. The van der Waals surface area contributed by atoms with Gasteiger partial charge < -0.3 is 14.5 Å². The molecular weight excluding hydrogens is 414 g/mol. The number of thioether (sulfide) groups is 1. The number of aryl methyl sites for hydroxylation is 1. The number of rotatable bonds is 8. The van der Waals surface area contributed by atoms with E-state index >= 15 is 0 Å². The normalized spacial score (nSPS) is 10.6. The van der Waals surface area contributed by atoms with Gasteiger partial charge in [-0.25, -0.2) is 0 Å². The molecule has 29 heavy (non-hydrogen) atoms. The minimum absolute atomic E-state index is 0.0547. The van der Waals surface area contributed by atoms with Crippen LogP contribution >= 0.6 is 23.4 Å². The van der Waals surface area contributed by atoms with Crippen molar-refractivity contribution in [2.75, 3.05) is 17.7 Å². The first kappa shape index (κ1) is 20.9. The van der Waals surface area contributed by atoms with Crippen LogP contribution < -0.4 is 5.32 Å². The topological polar surface area (TPSA) is 94.3 Å². The summed E-state index contributed by atoms with van der Waals surface area (Å²) in [6.45, 7) is 1.66. The molecule has 1 amide bonds. The summed E-state index contributed by atoms with van der Waals surface area (Å²) in [7, 11) is 0. The van der Waals surface area contributed by atoms with E-state index in [9.17, 15) is 9.59 Å². The molecule has 0 aliphatic heterocycles. The molecule has 0 atom stereocenters. The van der Waals surface area contributed by atoms with Crippen LogP contribution in [0.3, 0.4) is 0 Å². The molecule has 0 saturated heterocycles. The Morgan fingerprint density at radius 1 is 1.17 bits per heavy atom. The molecule has 1 heterocycles. The van der Waals surface area contributed by atoms with Crippen molar-refractivity contribution in [1.82, 2.24) is 10.2 Å². The Kier molecular flexibility index (Phi) is 7.26. The molecule has 0 bridgehead atoms. The van der Waals surface area contributed by atoms with E-state index in [1.54, 1.807) is 30.3 Å². The monoisotopic (exact) mass is 431 g/mol. The van der Waals surface area contributed by atoms with Gasteiger partial charge in [0.2, 0.25) is 5.89 Å². The van der Waals surface area contributed by atoms with E-state index in [2.05, 4.69) is 15.5 Å². The Morgan fingerprint density at radius 3 is 2.72 bits per heavy atom. The van der Waals surface area contributed by atoms with Crippen LogP contribution in [-0.2, 0) is 20.7 Å². The van der Waals surface area contributed by atoms with Gasteiger partial charge in [-0.05, 0) is 48.4 Å². The predicted octanol–water partition coefficient (Wildman–Crippen LogP) is 4.23. The van der Waals surface area contributed by atoms with Gasteiger partial charge in [-0.3, -0.25) is 9.59 Å². The molecule has 7 nitrogen and oxygen atoms in total. The van der Waals surface area contributed by atoms with E-state index < -0.39 is 11.9 Å². The third-order valence-electron chi connectivity index (χ3n) is 3.79. The minimum Gasteiger partial charge on any atom is -0.455 e. The van der Waals surface area contributed by atoms with Gasteiger partial charge in [0.25, 0.3) is 11.1 Å². The maximum atomic E-state index is 11.9. The number of aromatic nitrogens is 2. The lowest BCUT2D eigenvalue weighted by Gasteiger charge is -2.07. The molecule has 0 fully saturated rings. The number of halogens is 1. The average Bonchev–Trinajstić information content (AvgIpc) is 3.20. The molecule has 150 valence electrons. The van der Waals surface area contributed by atoms with Crippen molar-refractivity contribution in [3.63, 3.8) is 0 Å². The average molecular weight is 432 g/mol. The van der Waals surface area contributed by atoms with Crippen LogP contribution in [-0.4, -0.2) is 34.4 Å². The predicted molar refractivity (Wildman–Crippen MR) is 111 cm³/mol. The number of carbonyl (C=O) groups excluding carboxylic acids is 2. The van der Waals surface area contributed by atoms with Gasteiger partial charge in [-0.2, -0.15) is 0 Å². The molecule has 0 unspecified atom stereocenters. The summed E-state index contributed by atoms with van der Waals surface area (Å²) >= 11 is 6.88. The third kappa shape index (κ3) is 6.33. The molecular formula is C20H18ClN3O4S. The molecule has 0 spiro atoms. The van der Waals surface area contributed by atoms with Gasteiger partial charge in [0.1, 0.15) is 5.75 Å². The zero-order valence-corrected chi connectivity index (χ0v) is 17.1. The highest BCUT2D eigenvalue weighted by Gasteiger charge is 2.13. The summed E-state index contributed by atoms with van der Waals surface area (Å²) in [5.74, 6) is -0.690. The van der Waals surface area contributed by atoms with E-state index in [0.717, 1.165) is 29.3 Å². The van der Waals surface area contributed by atoms with Crippen molar-refractivity contribution >= 4 is 40.9 Å². The number of ether oxygens (including phenoxy) is 1. The van der Waals surface area contributed by atoms with Gasteiger partial charge in [0.15, 0.2) is 6.61 Å². The van der Waals surface area contributed by atoms with Crippen LogP contribution in [0.15, 0.2) is 58.2 Å². The van der Waals surface area contributed by atoms with Crippen molar-refractivity contribution in [2.45, 2.75) is 18.6 Å². The number of nitrogens with one attached hydrogen (secondary N) is 1. The first-order chi connectivity index (χ1) is 14.0. The number of benzene rings is 2. The molecule has 9 heteroatoms. The summed E-state index contributed by atoms with van der Waals surface area (Å²) in [6, 6.07) is 14.4. The number of nitrogens with zero attached hydrogens (tertiary/aromatic N) is 2. The Labute approximate surface area is 176 Å². The third-order valence-corrected chi connectivity index (χ3v) is 4.84. The molecule has 0 aliphatic rings. The molecule has 1 N–H and O–H groups in total. The van der Waals surface area contributed by atoms with Crippen molar-refractivity contribution < 1.29 is 18.7 Å². The number of hydrogen-bond donors (Lipinski definition) is 1. The first-order valence-corrected chi connectivity index (χ1v) is 10.2. The maximum Gasteiger partial charge on any atom is 0.316 e. The standard InChI is InChI=1S/C20H18ClN3O4S/c1-2-13-4-3-5-16(10-13)22-17(25)11-27-18(26)12-29-20-24-23-19(28-20)14-6-8-15(21)9-7-14/h3-10H,2,11-12H2,1H3,(H,22,25). The van der Waals surface area contributed by atoms with E-state index in [4.69, 9.17) is 20.8 Å². The summed E-state index contributed by atoms with van der Waals surface area (Å²) in [5.41, 5.74) is 2.49. The Bertz CT molecular complexity index is 991. The summed E-state index contributed by atoms with van der Waals surface area (Å²) in [4.78, 5) is 23.8. The van der Waals surface area contributed by atoms with Gasteiger partial charge in [0.05, 0.1) is 0 Å². The molecule has 0 aliphatic carbocycles. The summed E-state index contributed by atoms with van der Waals surface area (Å²) < 4.78 is 10.5. The lowest BCUT2D eigenvalue weighted by atomic mass is 10.1. The number of carbonyl (C=O) groups is 2.